The zero-order valence-corrected chi connectivity index (χ0v) is 13.6. The van der Waals surface area contributed by atoms with E-state index in [1.54, 1.807) is 11.3 Å². The highest BCUT2D eigenvalue weighted by Gasteiger charge is 2.09. The van der Waals surface area contributed by atoms with Gasteiger partial charge in [0.25, 0.3) is 0 Å². The van der Waals surface area contributed by atoms with E-state index in [9.17, 15) is 5.26 Å². The minimum absolute atomic E-state index is 0.441. The molecule has 0 atom stereocenters. The van der Waals surface area contributed by atoms with Gasteiger partial charge in [-0.15, -0.1) is 0 Å². The summed E-state index contributed by atoms with van der Waals surface area (Å²) in [4.78, 5) is 2.13. The lowest BCUT2D eigenvalue weighted by atomic mass is 10.1. The lowest BCUT2D eigenvalue weighted by Gasteiger charge is -2.20. The molecule has 0 aliphatic heterocycles. The van der Waals surface area contributed by atoms with Crippen molar-refractivity contribution in [3.63, 3.8) is 0 Å². The maximum absolute atomic E-state index is 9.40. The van der Waals surface area contributed by atoms with Crippen molar-refractivity contribution in [3.8, 4) is 6.07 Å². The molecule has 0 aliphatic carbocycles. The molecule has 0 fully saturated rings. The van der Waals surface area contributed by atoms with Crippen LogP contribution >= 0.6 is 11.3 Å². The minimum atomic E-state index is 0.441. The summed E-state index contributed by atoms with van der Waals surface area (Å²) in [5.74, 6) is 0. The summed E-state index contributed by atoms with van der Waals surface area (Å²) in [6.45, 7) is 5.85. The second-order valence-corrected chi connectivity index (χ2v) is 6.27. The summed E-state index contributed by atoms with van der Waals surface area (Å²) >= 11 is 1.70. The molecule has 0 saturated carbocycles. The first-order valence-electron chi connectivity index (χ1n) is 7.08. The Morgan fingerprint density at radius 1 is 1.29 bits per heavy atom. The van der Waals surface area contributed by atoms with Crippen molar-refractivity contribution in [2.45, 2.75) is 33.0 Å². The third-order valence-corrected chi connectivity index (χ3v) is 4.04. The van der Waals surface area contributed by atoms with Crippen LogP contribution in [0.25, 0.3) is 0 Å². The first-order valence-corrected chi connectivity index (χ1v) is 8.03. The molecule has 2 aromatic rings. The number of nitrogens with one attached hydrogen (secondary N) is 1. The van der Waals surface area contributed by atoms with Crippen LogP contribution in [0.4, 0.5) is 5.69 Å². The van der Waals surface area contributed by atoms with E-state index in [1.165, 1.54) is 5.56 Å². The van der Waals surface area contributed by atoms with Gasteiger partial charge >= 0.3 is 0 Å². The molecule has 0 spiro atoms. The molecule has 3 nitrogen and oxygen atoms in total. The van der Waals surface area contributed by atoms with E-state index in [0.29, 0.717) is 6.04 Å². The molecule has 1 aromatic carbocycles. The van der Waals surface area contributed by atoms with E-state index < -0.39 is 0 Å². The van der Waals surface area contributed by atoms with E-state index in [2.05, 4.69) is 53.0 Å². The fraction of sp³-hybridized carbons (Fsp3) is 0.353. The first-order chi connectivity index (χ1) is 10.1. The van der Waals surface area contributed by atoms with Gasteiger partial charge in [0, 0.05) is 26.2 Å². The van der Waals surface area contributed by atoms with Crippen LogP contribution in [0.1, 0.15) is 30.5 Å². The lowest BCUT2D eigenvalue weighted by molar-refractivity contribution is 0.589. The van der Waals surface area contributed by atoms with Gasteiger partial charge in [-0.1, -0.05) is 19.9 Å². The van der Waals surface area contributed by atoms with Gasteiger partial charge in [-0.3, -0.25) is 0 Å². The van der Waals surface area contributed by atoms with Crippen molar-refractivity contribution in [1.82, 2.24) is 5.32 Å². The molecule has 0 bridgehead atoms. The Bertz CT molecular complexity index is 611. The molecule has 1 aromatic heterocycles. The highest BCUT2D eigenvalue weighted by atomic mass is 32.1. The van der Waals surface area contributed by atoms with Gasteiger partial charge in [0.05, 0.1) is 11.3 Å². The van der Waals surface area contributed by atoms with Crippen molar-refractivity contribution in [2.75, 3.05) is 11.9 Å². The molecule has 0 unspecified atom stereocenters. The van der Waals surface area contributed by atoms with Gasteiger partial charge in [-0.2, -0.15) is 16.6 Å². The zero-order chi connectivity index (χ0) is 15.2. The van der Waals surface area contributed by atoms with Gasteiger partial charge in [0.15, 0.2) is 0 Å². The molecule has 1 N–H and O–H groups in total. The first kappa shape index (κ1) is 15.6. The summed E-state index contributed by atoms with van der Waals surface area (Å²) in [6, 6.07) is 11.0. The second kappa shape index (κ2) is 7.26. The molecule has 0 aliphatic rings. The maximum atomic E-state index is 9.40. The largest absolute Gasteiger partial charge is 0.369 e. The fourth-order valence-corrected chi connectivity index (χ4v) is 2.84. The topological polar surface area (TPSA) is 39.1 Å². The average molecular weight is 299 g/mol. The molecule has 21 heavy (non-hydrogen) atoms. The van der Waals surface area contributed by atoms with Crippen LogP contribution in [0, 0.1) is 11.3 Å². The molecular weight excluding hydrogens is 278 g/mol. The zero-order valence-electron chi connectivity index (χ0n) is 12.8. The van der Waals surface area contributed by atoms with E-state index in [4.69, 9.17) is 0 Å². The van der Waals surface area contributed by atoms with E-state index in [-0.39, 0.29) is 0 Å². The molecule has 0 amide bonds. The Morgan fingerprint density at radius 2 is 2.10 bits per heavy atom. The number of hydrogen-bond donors (Lipinski definition) is 1. The summed E-state index contributed by atoms with van der Waals surface area (Å²) < 4.78 is 0. The number of hydrogen-bond acceptors (Lipinski definition) is 4. The average Bonchev–Trinajstić information content (AvgIpc) is 2.97. The lowest BCUT2D eigenvalue weighted by Crippen LogP contribution is -2.22. The van der Waals surface area contributed by atoms with Crippen LogP contribution in [-0.2, 0) is 13.1 Å². The third kappa shape index (κ3) is 4.32. The Balaban J connectivity index is 2.14. The van der Waals surface area contributed by atoms with Crippen molar-refractivity contribution in [3.05, 3.63) is 51.7 Å². The molecule has 0 saturated heterocycles. The molecule has 110 valence electrons. The molecular formula is C17H21N3S. The predicted octanol–water partition coefficient (Wildman–Crippen LogP) is 3.75. The third-order valence-electron chi connectivity index (χ3n) is 3.31. The SMILES string of the molecule is CC(C)NCc1ccc(N(C)Cc2ccsc2)c(C#N)c1. The van der Waals surface area contributed by atoms with Gasteiger partial charge < -0.3 is 10.2 Å². The van der Waals surface area contributed by atoms with Crippen LogP contribution in [0.15, 0.2) is 35.0 Å². The Labute approximate surface area is 130 Å². The maximum Gasteiger partial charge on any atom is 0.101 e. The van der Waals surface area contributed by atoms with Crippen molar-refractivity contribution in [1.29, 1.82) is 5.26 Å². The van der Waals surface area contributed by atoms with Crippen LogP contribution in [0.2, 0.25) is 0 Å². The Kier molecular flexibility index (Phi) is 5.38. The quantitative estimate of drug-likeness (QED) is 0.883. The number of thiophene rings is 1. The van der Waals surface area contributed by atoms with Gasteiger partial charge in [-0.25, -0.2) is 0 Å². The monoisotopic (exact) mass is 299 g/mol. The smallest absolute Gasteiger partial charge is 0.101 e. The van der Waals surface area contributed by atoms with E-state index in [1.807, 2.05) is 19.2 Å². The standard InChI is InChI=1S/C17H21N3S/c1-13(2)19-10-14-4-5-17(16(8-14)9-18)20(3)11-15-6-7-21-12-15/h4-8,12-13,19H,10-11H2,1-3H3. The van der Waals surface area contributed by atoms with Gasteiger partial charge in [-0.05, 0) is 40.1 Å². The van der Waals surface area contributed by atoms with Gasteiger partial charge in [0.1, 0.15) is 6.07 Å². The summed E-state index contributed by atoms with van der Waals surface area (Å²) in [5.41, 5.74) is 4.14. The van der Waals surface area contributed by atoms with Crippen molar-refractivity contribution < 1.29 is 0 Å². The van der Waals surface area contributed by atoms with Gasteiger partial charge in [0.2, 0.25) is 0 Å². The number of nitriles is 1. The van der Waals surface area contributed by atoms with Crippen molar-refractivity contribution >= 4 is 17.0 Å². The second-order valence-electron chi connectivity index (χ2n) is 5.49. The van der Waals surface area contributed by atoms with E-state index in [0.717, 1.165) is 29.9 Å². The summed E-state index contributed by atoms with van der Waals surface area (Å²) in [7, 11) is 2.03. The fourth-order valence-electron chi connectivity index (χ4n) is 2.18. The van der Waals surface area contributed by atoms with Crippen LogP contribution < -0.4 is 10.2 Å². The summed E-state index contributed by atoms with van der Waals surface area (Å²) in [6.07, 6.45) is 0. The molecule has 0 radical (unpaired) electrons. The highest BCUT2D eigenvalue weighted by Crippen LogP contribution is 2.22. The van der Waals surface area contributed by atoms with Crippen LogP contribution in [-0.4, -0.2) is 13.1 Å². The Morgan fingerprint density at radius 3 is 2.71 bits per heavy atom. The minimum Gasteiger partial charge on any atom is -0.369 e. The number of nitrogens with zero attached hydrogens (tertiary/aromatic N) is 2. The number of rotatable bonds is 6. The Hall–Kier alpha value is -1.83. The number of anilines is 1. The van der Waals surface area contributed by atoms with Crippen LogP contribution in [0.3, 0.4) is 0 Å². The highest BCUT2D eigenvalue weighted by molar-refractivity contribution is 7.07. The van der Waals surface area contributed by atoms with Crippen molar-refractivity contribution in [2.24, 2.45) is 0 Å². The molecule has 4 heteroatoms. The number of benzene rings is 1. The normalized spacial score (nSPS) is 10.6. The summed E-state index contributed by atoms with van der Waals surface area (Å²) in [5, 5.41) is 17.0. The van der Waals surface area contributed by atoms with E-state index >= 15 is 0 Å². The predicted molar refractivity (Wildman–Crippen MR) is 89.6 cm³/mol. The van der Waals surface area contributed by atoms with Crippen LogP contribution in [0.5, 0.6) is 0 Å². The molecule has 2 rings (SSSR count). The molecule has 1 heterocycles.